The molecule has 2 saturated heterocycles. The second-order valence-corrected chi connectivity index (χ2v) is 14.0. The Morgan fingerprint density at radius 3 is 1.83 bits per heavy atom. The molecule has 2 fully saturated rings. The number of carbonyl (C=O) groups is 3. The van der Waals surface area contributed by atoms with E-state index in [4.69, 9.17) is 28.8 Å². The Hall–Kier alpha value is -2.68. The number of amides is 3. The standard InChI is InChI=1S/C37H66N6O9/c1-4-5-34(45)40-10-16-48-18-20-50-22-24-52-25-23-51-21-19-49-17-11-41-35(46)29-42-12-6-31(7-13-42)32-8-14-43(28-32)36(47)33(27-38)26-37(2,3)30-39-9-15-44/h26,31-32,39,44H,4-25,28-30H2,1-3H3,(H,40,45)(H,41,46)/b33-26-. The SMILES string of the molecule is CCCC(=O)NCCOCCOCCOCCOCCOCCNC(=O)CN1CCC(C2CCN(C(=O)/C(C#N)=C\C(C)(C)CNCCO)C2)CC1. The third kappa shape index (κ3) is 20.5. The minimum Gasteiger partial charge on any atom is -0.395 e. The van der Waals surface area contributed by atoms with E-state index in [-0.39, 0.29) is 35.3 Å². The molecule has 2 aliphatic rings. The van der Waals surface area contributed by atoms with Gasteiger partial charge in [-0.3, -0.25) is 19.3 Å². The molecule has 1 unspecified atom stereocenters. The molecule has 0 aromatic rings. The molecule has 2 aliphatic heterocycles. The summed E-state index contributed by atoms with van der Waals surface area (Å²) in [5, 5.41) is 27.6. The van der Waals surface area contributed by atoms with Crippen molar-refractivity contribution in [2.75, 3.05) is 132 Å². The Kier molecular flexibility index (Phi) is 24.4. The Morgan fingerprint density at radius 2 is 1.31 bits per heavy atom. The van der Waals surface area contributed by atoms with Crippen molar-refractivity contribution in [1.82, 2.24) is 25.8 Å². The lowest BCUT2D eigenvalue weighted by molar-refractivity contribution is -0.126. The lowest BCUT2D eigenvalue weighted by Gasteiger charge is -2.34. The summed E-state index contributed by atoms with van der Waals surface area (Å²) in [4.78, 5) is 41.0. The van der Waals surface area contributed by atoms with Gasteiger partial charge in [-0.2, -0.15) is 5.26 Å². The van der Waals surface area contributed by atoms with Crippen molar-refractivity contribution in [3.63, 3.8) is 0 Å². The molecule has 3 amide bonds. The third-order valence-corrected chi connectivity index (χ3v) is 9.04. The molecule has 0 spiro atoms. The topological polar surface area (TPSA) is 184 Å². The maximum atomic E-state index is 13.2. The molecule has 0 aromatic heterocycles. The van der Waals surface area contributed by atoms with Crippen LogP contribution in [0.15, 0.2) is 11.6 Å². The molecule has 2 heterocycles. The number of nitriles is 1. The van der Waals surface area contributed by atoms with Gasteiger partial charge in [-0.25, -0.2) is 0 Å². The summed E-state index contributed by atoms with van der Waals surface area (Å²) >= 11 is 0. The van der Waals surface area contributed by atoms with Crippen LogP contribution in [-0.4, -0.2) is 164 Å². The first kappa shape index (κ1) is 45.5. The van der Waals surface area contributed by atoms with Crippen LogP contribution in [0.4, 0.5) is 0 Å². The summed E-state index contributed by atoms with van der Waals surface area (Å²) in [5.41, 5.74) is -0.211. The molecule has 0 radical (unpaired) electrons. The normalized spacial score (nSPS) is 17.3. The van der Waals surface area contributed by atoms with Crippen LogP contribution < -0.4 is 16.0 Å². The highest BCUT2D eigenvalue weighted by Crippen LogP contribution is 2.32. The summed E-state index contributed by atoms with van der Waals surface area (Å²) < 4.78 is 27.4. The second kappa shape index (κ2) is 27.9. The number of hydrogen-bond acceptors (Lipinski definition) is 12. The molecular weight excluding hydrogens is 672 g/mol. The molecule has 0 aliphatic carbocycles. The molecule has 0 aromatic carbocycles. The van der Waals surface area contributed by atoms with Crippen LogP contribution in [0.5, 0.6) is 0 Å². The number of hydrogen-bond donors (Lipinski definition) is 4. The zero-order valence-electron chi connectivity index (χ0n) is 32.0. The van der Waals surface area contributed by atoms with E-state index in [0.29, 0.717) is 130 Å². The summed E-state index contributed by atoms with van der Waals surface area (Å²) in [6.45, 7) is 15.9. The summed E-state index contributed by atoms with van der Waals surface area (Å²) in [6, 6.07) is 2.11. The summed E-state index contributed by atoms with van der Waals surface area (Å²) in [7, 11) is 0. The molecule has 0 bridgehead atoms. The van der Waals surface area contributed by atoms with E-state index < -0.39 is 0 Å². The first-order chi connectivity index (χ1) is 25.2. The lowest BCUT2D eigenvalue weighted by Crippen LogP contribution is -2.43. The number of rotatable bonds is 29. The van der Waals surface area contributed by atoms with E-state index >= 15 is 0 Å². The van der Waals surface area contributed by atoms with Crippen LogP contribution >= 0.6 is 0 Å². The molecule has 15 nitrogen and oxygen atoms in total. The van der Waals surface area contributed by atoms with Crippen LogP contribution in [0.3, 0.4) is 0 Å². The highest BCUT2D eigenvalue weighted by atomic mass is 16.6. The molecule has 1 atom stereocenters. The monoisotopic (exact) mass is 738 g/mol. The average molecular weight is 739 g/mol. The van der Waals surface area contributed by atoms with E-state index in [1.54, 1.807) is 6.08 Å². The van der Waals surface area contributed by atoms with Gasteiger partial charge < -0.3 is 49.6 Å². The van der Waals surface area contributed by atoms with Gasteiger partial charge >= 0.3 is 0 Å². The number of nitrogens with one attached hydrogen (secondary N) is 3. The van der Waals surface area contributed by atoms with Crippen LogP contribution in [0, 0.1) is 28.6 Å². The molecule has 2 rings (SSSR count). The van der Waals surface area contributed by atoms with Crippen molar-refractivity contribution < 1.29 is 43.2 Å². The highest BCUT2D eigenvalue weighted by Gasteiger charge is 2.35. The molecule has 298 valence electrons. The molecule has 15 heteroatoms. The van der Waals surface area contributed by atoms with Crippen molar-refractivity contribution in [2.24, 2.45) is 17.3 Å². The number of nitrogens with zero attached hydrogens (tertiary/aromatic N) is 3. The smallest absolute Gasteiger partial charge is 0.264 e. The van der Waals surface area contributed by atoms with Gasteiger partial charge in [0.1, 0.15) is 11.6 Å². The van der Waals surface area contributed by atoms with E-state index in [0.717, 1.165) is 38.8 Å². The van der Waals surface area contributed by atoms with Gasteiger partial charge in [0.05, 0.1) is 79.2 Å². The van der Waals surface area contributed by atoms with Crippen LogP contribution in [0.2, 0.25) is 0 Å². The number of likely N-dealkylation sites (tertiary alicyclic amines) is 2. The third-order valence-electron chi connectivity index (χ3n) is 9.04. The Bertz CT molecular complexity index is 1080. The first-order valence-corrected chi connectivity index (χ1v) is 19.1. The number of carbonyl (C=O) groups excluding carboxylic acids is 3. The predicted octanol–water partition coefficient (Wildman–Crippen LogP) is 0.720. The minimum atomic E-state index is -0.389. The van der Waals surface area contributed by atoms with Gasteiger partial charge in [0.2, 0.25) is 11.8 Å². The second-order valence-electron chi connectivity index (χ2n) is 14.0. The van der Waals surface area contributed by atoms with Crippen LogP contribution in [0.1, 0.15) is 52.9 Å². The predicted molar refractivity (Wildman–Crippen MR) is 196 cm³/mol. The minimum absolute atomic E-state index is 0.0114. The van der Waals surface area contributed by atoms with Crippen molar-refractivity contribution in [3.8, 4) is 6.07 Å². The maximum absolute atomic E-state index is 13.2. The lowest BCUT2D eigenvalue weighted by atomic mass is 9.84. The van der Waals surface area contributed by atoms with Gasteiger partial charge in [-0.15, -0.1) is 0 Å². The first-order valence-electron chi connectivity index (χ1n) is 19.1. The van der Waals surface area contributed by atoms with Gasteiger partial charge in [-0.1, -0.05) is 26.8 Å². The average Bonchev–Trinajstić information content (AvgIpc) is 3.62. The number of aliphatic hydroxyl groups is 1. The van der Waals surface area contributed by atoms with Crippen molar-refractivity contribution in [2.45, 2.75) is 52.9 Å². The zero-order valence-corrected chi connectivity index (χ0v) is 32.0. The van der Waals surface area contributed by atoms with Gasteiger partial charge in [0.15, 0.2) is 0 Å². The Balaban J connectivity index is 1.42. The number of aliphatic hydroxyl groups excluding tert-OH is 1. The van der Waals surface area contributed by atoms with Crippen molar-refractivity contribution in [3.05, 3.63) is 11.6 Å². The van der Waals surface area contributed by atoms with E-state index in [9.17, 15) is 19.6 Å². The molecular formula is C37H66N6O9. The number of piperidine rings is 1. The Labute approximate surface area is 311 Å². The van der Waals surface area contributed by atoms with Crippen molar-refractivity contribution >= 4 is 17.7 Å². The zero-order chi connectivity index (χ0) is 37.9. The fourth-order valence-electron chi connectivity index (χ4n) is 6.26. The maximum Gasteiger partial charge on any atom is 0.264 e. The Morgan fingerprint density at radius 1 is 0.788 bits per heavy atom. The van der Waals surface area contributed by atoms with Crippen molar-refractivity contribution in [1.29, 1.82) is 5.26 Å². The molecule has 4 N–H and O–H groups in total. The van der Waals surface area contributed by atoms with Crippen LogP contribution in [-0.2, 0) is 38.1 Å². The van der Waals surface area contributed by atoms with E-state index in [1.807, 2.05) is 25.7 Å². The number of ether oxygens (including phenoxy) is 5. The largest absolute Gasteiger partial charge is 0.395 e. The summed E-state index contributed by atoms with van der Waals surface area (Å²) in [6.07, 6.45) is 6.05. The van der Waals surface area contributed by atoms with Crippen LogP contribution in [0.25, 0.3) is 0 Å². The summed E-state index contributed by atoms with van der Waals surface area (Å²) in [5.74, 6) is 0.753. The van der Waals surface area contributed by atoms with Gasteiger partial charge in [-0.05, 0) is 56.0 Å². The quantitative estimate of drug-likeness (QED) is 0.0480. The van der Waals surface area contributed by atoms with Gasteiger partial charge in [0.25, 0.3) is 5.91 Å². The molecule has 0 saturated carbocycles. The van der Waals surface area contributed by atoms with E-state index in [1.165, 1.54) is 0 Å². The van der Waals surface area contributed by atoms with E-state index in [2.05, 4.69) is 26.9 Å². The fourth-order valence-corrected chi connectivity index (χ4v) is 6.26. The van der Waals surface area contributed by atoms with Gasteiger partial charge in [0, 0.05) is 45.7 Å². The molecule has 52 heavy (non-hydrogen) atoms. The fraction of sp³-hybridized carbons (Fsp3) is 0.838. The highest BCUT2D eigenvalue weighted by molar-refractivity contribution is 5.97.